The van der Waals surface area contributed by atoms with Crippen LogP contribution in [0.15, 0.2) is 12.3 Å². The van der Waals surface area contributed by atoms with Crippen molar-refractivity contribution in [1.29, 1.82) is 0 Å². The summed E-state index contributed by atoms with van der Waals surface area (Å²) < 4.78 is 2.03. The Balaban J connectivity index is 2.20. The standard InChI is InChI=1S/C11H21N3S/c1-4-14-11(6-8-13-14)9-12-7-5-10(2)15-3/h6,8,10,12H,4-5,7,9H2,1-3H3. The first kappa shape index (κ1) is 12.6. The first-order valence-electron chi connectivity index (χ1n) is 5.52. The Morgan fingerprint density at radius 3 is 3.07 bits per heavy atom. The summed E-state index contributed by atoms with van der Waals surface area (Å²) in [4.78, 5) is 0. The molecule has 1 rings (SSSR count). The van der Waals surface area contributed by atoms with Crippen LogP contribution in [0.1, 0.15) is 26.0 Å². The van der Waals surface area contributed by atoms with Gasteiger partial charge in [0.15, 0.2) is 0 Å². The van der Waals surface area contributed by atoms with Gasteiger partial charge in [0.25, 0.3) is 0 Å². The fourth-order valence-corrected chi connectivity index (χ4v) is 1.79. The van der Waals surface area contributed by atoms with Crippen molar-refractivity contribution in [2.45, 2.75) is 38.6 Å². The lowest BCUT2D eigenvalue weighted by molar-refractivity contribution is 0.573. The SMILES string of the molecule is CCn1nccc1CNCCC(C)SC. The van der Waals surface area contributed by atoms with Gasteiger partial charge in [0, 0.05) is 24.5 Å². The molecule has 0 fully saturated rings. The average Bonchev–Trinajstić information content (AvgIpc) is 2.71. The summed E-state index contributed by atoms with van der Waals surface area (Å²) in [6.45, 7) is 7.34. The highest BCUT2D eigenvalue weighted by molar-refractivity contribution is 7.99. The van der Waals surface area contributed by atoms with Crippen molar-refractivity contribution in [3.8, 4) is 0 Å². The summed E-state index contributed by atoms with van der Waals surface area (Å²) in [7, 11) is 0. The zero-order chi connectivity index (χ0) is 11.1. The second kappa shape index (κ2) is 6.90. The molecule has 3 nitrogen and oxygen atoms in total. The van der Waals surface area contributed by atoms with E-state index in [1.54, 1.807) is 0 Å². The third-order valence-electron chi connectivity index (χ3n) is 2.54. The first-order chi connectivity index (χ1) is 7.27. The zero-order valence-corrected chi connectivity index (χ0v) is 10.7. The van der Waals surface area contributed by atoms with Crippen molar-refractivity contribution in [3.05, 3.63) is 18.0 Å². The van der Waals surface area contributed by atoms with Crippen LogP contribution >= 0.6 is 11.8 Å². The van der Waals surface area contributed by atoms with Crippen LogP contribution in [0.25, 0.3) is 0 Å². The molecule has 1 aromatic rings. The monoisotopic (exact) mass is 227 g/mol. The van der Waals surface area contributed by atoms with Gasteiger partial charge in [0.1, 0.15) is 0 Å². The molecule has 0 saturated carbocycles. The number of nitrogens with zero attached hydrogens (tertiary/aromatic N) is 2. The van der Waals surface area contributed by atoms with Crippen molar-refractivity contribution in [3.63, 3.8) is 0 Å². The Labute approximate surface area is 96.6 Å². The summed E-state index contributed by atoms with van der Waals surface area (Å²) in [5, 5.41) is 8.43. The number of hydrogen-bond donors (Lipinski definition) is 1. The lowest BCUT2D eigenvalue weighted by atomic mass is 10.3. The minimum atomic E-state index is 0.744. The van der Waals surface area contributed by atoms with Crippen LogP contribution in [0.2, 0.25) is 0 Å². The van der Waals surface area contributed by atoms with E-state index in [0.29, 0.717) is 0 Å². The lowest BCUT2D eigenvalue weighted by Gasteiger charge is -2.09. The molecule has 0 aromatic carbocycles. The molecular weight excluding hydrogens is 206 g/mol. The predicted molar refractivity (Wildman–Crippen MR) is 67.2 cm³/mol. The number of aromatic nitrogens is 2. The van der Waals surface area contributed by atoms with Gasteiger partial charge in [-0.25, -0.2) is 0 Å². The van der Waals surface area contributed by atoms with E-state index >= 15 is 0 Å². The van der Waals surface area contributed by atoms with Crippen LogP contribution < -0.4 is 5.32 Å². The van der Waals surface area contributed by atoms with Crippen molar-refractivity contribution in [2.24, 2.45) is 0 Å². The highest BCUT2D eigenvalue weighted by atomic mass is 32.2. The Hall–Kier alpha value is -0.480. The zero-order valence-electron chi connectivity index (χ0n) is 9.86. The molecule has 0 radical (unpaired) electrons. The molecule has 0 aliphatic heterocycles. The van der Waals surface area contributed by atoms with Gasteiger partial charge < -0.3 is 5.32 Å². The van der Waals surface area contributed by atoms with E-state index in [9.17, 15) is 0 Å². The quantitative estimate of drug-likeness (QED) is 0.724. The number of thioether (sulfide) groups is 1. The third-order valence-corrected chi connectivity index (χ3v) is 3.58. The molecule has 0 saturated heterocycles. The molecule has 1 atom stereocenters. The largest absolute Gasteiger partial charge is 0.311 e. The predicted octanol–water partition coefficient (Wildman–Crippen LogP) is 2.13. The second-order valence-corrected chi connectivity index (χ2v) is 4.93. The molecular formula is C11H21N3S. The maximum Gasteiger partial charge on any atom is 0.0521 e. The Morgan fingerprint density at radius 2 is 2.40 bits per heavy atom. The van der Waals surface area contributed by atoms with Gasteiger partial charge in [-0.2, -0.15) is 16.9 Å². The molecule has 4 heteroatoms. The molecule has 1 aromatic heterocycles. The van der Waals surface area contributed by atoms with Gasteiger partial charge in [-0.05, 0) is 32.2 Å². The van der Waals surface area contributed by atoms with Crippen molar-refractivity contribution < 1.29 is 0 Å². The van der Waals surface area contributed by atoms with Crippen molar-refractivity contribution in [1.82, 2.24) is 15.1 Å². The summed E-state index contributed by atoms with van der Waals surface area (Å²) in [5.41, 5.74) is 1.27. The first-order valence-corrected chi connectivity index (χ1v) is 6.81. The number of hydrogen-bond acceptors (Lipinski definition) is 3. The van der Waals surface area contributed by atoms with Crippen molar-refractivity contribution >= 4 is 11.8 Å². The molecule has 1 unspecified atom stereocenters. The summed E-state index contributed by atoms with van der Waals surface area (Å²) in [5.74, 6) is 0. The van der Waals surface area contributed by atoms with Gasteiger partial charge >= 0.3 is 0 Å². The molecule has 0 aliphatic carbocycles. The summed E-state index contributed by atoms with van der Waals surface area (Å²) in [6, 6.07) is 2.08. The van der Waals surface area contributed by atoms with Gasteiger partial charge in [-0.3, -0.25) is 4.68 Å². The van der Waals surface area contributed by atoms with Gasteiger partial charge in [-0.15, -0.1) is 0 Å². The Kier molecular flexibility index (Phi) is 5.79. The molecule has 15 heavy (non-hydrogen) atoms. The molecule has 0 aliphatic rings. The normalized spacial score (nSPS) is 13.0. The van der Waals surface area contributed by atoms with E-state index in [2.05, 4.69) is 36.6 Å². The van der Waals surface area contributed by atoms with E-state index < -0.39 is 0 Å². The third kappa shape index (κ3) is 4.26. The van der Waals surface area contributed by atoms with Crippen molar-refractivity contribution in [2.75, 3.05) is 12.8 Å². The number of rotatable bonds is 7. The Bertz CT molecular complexity index is 273. The van der Waals surface area contributed by atoms with E-state index in [0.717, 1.165) is 24.9 Å². The van der Waals surface area contributed by atoms with Crippen LogP contribution in [-0.2, 0) is 13.1 Å². The number of nitrogens with one attached hydrogen (secondary N) is 1. The van der Waals surface area contributed by atoms with E-state index in [4.69, 9.17) is 0 Å². The smallest absolute Gasteiger partial charge is 0.0521 e. The van der Waals surface area contributed by atoms with Crippen LogP contribution in [0.5, 0.6) is 0 Å². The molecule has 0 spiro atoms. The topological polar surface area (TPSA) is 29.9 Å². The highest BCUT2D eigenvalue weighted by Crippen LogP contribution is 2.08. The molecule has 1 N–H and O–H groups in total. The number of aryl methyl sites for hydroxylation is 1. The maximum absolute atomic E-state index is 4.24. The minimum Gasteiger partial charge on any atom is -0.311 e. The van der Waals surface area contributed by atoms with Crippen LogP contribution in [-0.4, -0.2) is 27.8 Å². The molecule has 0 amide bonds. The fraction of sp³-hybridized carbons (Fsp3) is 0.727. The van der Waals surface area contributed by atoms with Gasteiger partial charge in [-0.1, -0.05) is 6.92 Å². The van der Waals surface area contributed by atoms with E-state index in [1.165, 1.54) is 12.1 Å². The van der Waals surface area contributed by atoms with Gasteiger partial charge in [0.05, 0.1) is 5.69 Å². The highest BCUT2D eigenvalue weighted by Gasteiger charge is 2.01. The average molecular weight is 227 g/mol. The van der Waals surface area contributed by atoms with E-state index in [-0.39, 0.29) is 0 Å². The molecule has 0 bridgehead atoms. The molecule has 86 valence electrons. The lowest BCUT2D eigenvalue weighted by Crippen LogP contribution is -2.19. The van der Waals surface area contributed by atoms with E-state index in [1.807, 2.05) is 22.6 Å². The van der Waals surface area contributed by atoms with Crippen LogP contribution in [0, 0.1) is 0 Å². The van der Waals surface area contributed by atoms with Gasteiger partial charge in [0.2, 0.25) is 0 Å². The second-order valence-electron chi connectivity index (χ2n) is 3.65. The fourth-order valence-electron chi connectivity index (χ4n) is 1.43. The maximum atomic E-state index is 4.24. The van der Waals surface area contributed by atoms with Crippen LogP contribution in [0.3, 0.4) is 0 Å². The van der Waals surface area contributed by atoms with Crippen LogP contribution in [0.4, 0.5) is 0 Å². The minimum absolute atomic E-state index is 0.744. The molecule has 1 heterocycles. The Morgan fingerprint density at radius 1 is 1.60 bits per heavy atom. The summed E-state index contributed by atoms with van der Waals surface area (Å²) >= 11 is 1.92. The summed E-state index contributed by atoms with van der Waals surface area (Å²) in [6.07, 6.45) is 5.25.